The summed E-state index contributed by atoms with van der Waals surface area (Å²) in [5.74, 6) is 0. The molecule has 0 saturated heterocycles. The average Bonchev–Trinajstić information content (AvgIpc) is 2.66. The van der Waals surface area contributed by atoms with Gasteiger partial charge in [-0.2, -0.15) is 0 Å². The number of hydrogen-bond donors (Lipinski definition) is 1. The first-order valence-corrected chi connectivity index (χ1v) is 5.55. The van der Waals surface area contributed by atoms with Gasteiger partial charge in [0, 0.05) is 7.05 Å². The summed E-state index contributed by atoms with van der Waals surface area (Å²) in [6, 6.07) is 5.71. The van der Waals surface area contributed by atoms with Gasteiger partial charge in [0.25, 0.3) is 0 Å². The van der Waals surface area contributed by atoms with Gasteiger partial charge in [-0.1, -0.05) is 17.4 Å². The summed E-state index contributed by atoms with van der Waals surface area (Å²) in [7, 11) is 1.82. The van der Waals surface area contributed by atoms with Gasteiger partial charge in [-0.05, 0) is 28.1 Å². The van der Waals surface area contributed by atoms with E-state index >= 15 is 0 Å². The molecule has 0 saturated carbocycles. The van der Waals surface area contributed by atoms with Crippen molar-refractivity contribution in [3.05, 3.63) is 22.8 Å². The van der Waals surface area contributed by atoms with Crippen molar-refractivity contribution in [1.29, 1.82) is 0 Å². The first-order valence-electron chi connectivity index (χ1n) is 3.94. The summed E-state index contributed by atoms with van der Waals surface area (Å²) >= 11 is 4.79. The smallest absolute Gasteiger partial charge is 0.205 e. The van der Waals surface area contributed by atoms with Gasteiger partial charge < -0.3 is 5.32 Å². The topological polar surface area (TPSA) is 50.7 Å². The molecule has 6 heteroatoms. The zero-order valence-electron chi connectivity index (χ0n) is 7.36. The van der Waals surface area contributed by atoms with E-state index in [2.05, 4.69) is 36.4 Å². The minimum atomic E-state index is 0.793. The Bertz CT molecular complexity index is 442. The molecule has 2 aromatic heterocycles. The van der Waals surface area contributed by atoms with E-state index in [1.54, 1.807) is 0 Å². The number of nitrogens with one attached hydrogen (secondary N) is 1. The van der Waals surface area contributed by atoms with Crippen molar-refractivity contribution in [2.45, 2.75) is 0 Å². The summed E-state index contributed by atoms with van der Waals surface area (Å²) in [5, 5.41) is 12.5. The number of pyridine rings is 1. The summed E-state index contributed by atoms with van der Waals surface area (Å²) in [4.78, 5) is 4.29. The molecule has 2 rings (SSSR count). The number of hydrogen-bond acceptors (Lipinski definition) is 5. The zero-order valence-corrected chi connectivity index (χ0v) is 9.76. The van der Waals surface area contributed by atoms with Crippen LogP contribution in [0.4, 0.5) is 5.13 Å². The fourth-order valence-corrected chi connectivity index (χ4v) is 1.97. The Kier molecular flexibility index (Phi) is 2.74. The normalized spacial score (nSPS) is 10.1. The Morgan fingerprint density at radius 1 is 1.36 bits per heavy atom. The van der Waals surface area contributed by atoms with Crippen LogP contribution in [0.5, 0.6) is 0 Å². The van der Waals surface area contributed by atoms with E-state index in [1.807, 2.05) is 25.2 Å². The molecule has 0 fully saturated rings. The van der Waals surface area contributed by atoms with Gasteiger partial charge >= 0.3 is 0 Å². The molecule has 0 amide bonds. The molecule has 0 unspecified atom stereocenters. The molecule has 0 bridgehead atoms. The summed E-state index contributed by atoms with van der Waals surface area (Å²) in [6.45, 7) is 0. The van der Waals surface area contributed by atoms with Gasteiger partial charge in [0.1, 0.15) is 10.3 Å². The molecule has 2 heterocycles. The van der Waals surface area contributed by atoms with Crippen molar-refractivity contribution in [3.8, 4) is 10.7 Å². The quantitative estimate of drug-likeness (QED) is 0.852. The van der Waals surface area contributed by atoms with Crippen LogP contribution in [0.1, 0.15) is 0 Å². The van der Waals surface area contributed by atoms with Crippen molar-refractivity contribution >= 4 is 32.4 Å². The molecular weight excluding hydrogens is 264 g/mol. The first kappa shape index (κ1) is 9.54. The van der Waals surface area contributed by atoms with Crippen LogP contribution in [-0.4, -0.2) is 22.2 Å². The third kappa shape index (κ3) is 1.91. The molecule has 0 atom stereocenters. The van der Waals surface area contributed by atoms with Crippen LogP contribution in [-0.2, 0) is 0 Å². The first-order chi connectivity index (χ1) is 6.79. The van der Waals surface area contributed by atoms with Crippen molar-refractivity contribution in [3.63, 3.8) is 0 Å². The molecule has 0 spiro atoms. The molecule has 0 aliphatic heterocycles. The van der Waals surface area contributed by atoms with Crippen LogP contribution in [0.2, 0.25) is 0 Å². The van der Waals surface area contributed by atoms with Crippen LogP contribution in [0.25, 0.3) is 10.7 Å². The zero-order chi connectivity index (χ0) is 9.97. The lowest BCUT2D eigenvalue weighted by molar-refractivity contribution is 1.08. The van der Waals surface area contributed by atoms with Gasteiger partial charge in [-0.15, -0.1) is 10.2 Å². The number of halogens is 1. The van der Waals surface area contributed by atoms with Crippen molar-refractivity contribution in [2.75, 3.05) is 12.4 Å². The molecule has 0 aliphatic rings. The van der Waals surface area contributed by atoms with Gasteiger partial charge in [0.05, 0.1) is 0 Å². The summed E-state index contributed by atoms with van der Waals surface area (Å²) < 4.78 is 0.802. The lowest BCUT2D eigenvalue weighted by atomic mass is 10.4. The second-order valence-electron chi connectivity index (χ2n) is 2.51. The van der Waals surface area contributed by atoms with Gasteiger partial charge in [0.2, 0.25) is 5.13 Å². The largest absolute Gasteiger partial charge is 0.363 e. The molecule has 4 nitrogen and oxygen atoms in total. The number of aromatic nitrogens is 3. The highest BCUT2D eigenvalue weighted by molar-refractivity contribution is 9.10. The fraction of sp³-hybridized carbons (Fsp3) is 0.125. The van der Waals surface area contributed by atoms with Crippen molar-refractivity contribution in [2.24, 2.45) is 0 Å². The standard InChI is InChI=1S/C8H7BrN4S/c1-10-8-13-12-7(14-8)5-3-2-4-6(9)11-5/h2-4H,1H3,(H,10,13). The second kappa shape index (κ2) is 4.02. The van der Waals surface area contributed by atoms with Gasteiger partial charge in [0.15, 0.2) is 5.01 Å². The predicted molar refractivity (Wildman–Crippen MR) is 60.4 cm³/mol. The Hall–Kier alpha value is -1.01. The lowest BCUT2D eigenvalue weighted by Crippen LogP contribution is -1.84. The third-order valence-corrected chi connectivity index (χ3v) is 2.98. The maximum Gasteiger partial charge on any atom is 0.205 e. The van der Waals surface area contributed by atoms with Crippen LogP contribution < -0.4 is 5.32 Å². The van der Waals surface area contributed by atoms with E-state index in [9.17, 15) is 0 Å². The van der Waals surface area contributed by atoms with Crippen LogP contribution >= 0.6 is 27.3 Å². The fourth-order valence-electron chi connectivity index (χ4n) is 0.955. The lowest BCUT2D eigenvalue weighted by Gasteiger charge is -1.93. The summed E-state index contributed by atoms with van der Waals surface area (Å²) in [6.07, 6.45) is 0. The van der Waals surface area contributed by atoms with Crippen LogP contribution in [0.15, 0.2) is 22.8 Å². The number of rotatable bonds is 2. The molecule has 0 radical (unpaired) electrons. The van der Waals surface area contributed by atoms with Crippen molar-refractivity contribution in [1.82, 2.24) is 15.2 Å². The minimum Gasteiger partial charge on any atom is -0.363 e. The van der Waals surface area contributed by atoms with E-state index in [0.29, 0.717) is 0 Å². The number of anilines is 1. The highest BCUT2D eigenvalue weighted by atomic mass is 79.9. The molecule has 0 aromatic carbocycles. The van der Waals surface area contributed by atoms with Crippen LogP contribution in [0.3, 0.4) is 0 Å². The third-order valence-electron chi connectivity index (χ3n) is 1.57. The summed E-state index contributed by atoms with van der Waals surface area (Å²) in [5.41, 5.74) is 0.832. The molecule has 1 N–H and O–H groups in total. The Morgan fingerprint density at radius 2 is 2.21 bits per heavy atom. The van der Waals surface area contributed by atoms with E-state index in [0.717, 1.165) is 20.4 Å². The highest BCUT2D eigenvalue weighted by Gasteiger charge is 2.06. The van der Waals surface area contributed by atoms with E-state index in [1.165, 1.54) is 11.3 Å². The highest BCUT2D eigenvalue weighted by Crippen LogP contribution is 2.25. The minimum absolute atomic E-state index is 0.793. The second-order valence-corrected chi connectivity index (χ2v) is 4.30. The Labute approximate surface area is 93.5 Å². The van der Waals surface area contributed by atoms with E-state index in [-0.39, 0.29) is 0 Å². The maximum atomic E-state index is 4.29. The van der Waals surface area contributed by atoms with Crippen molar-refractivity contribution < 1.29 is 0 Å². The average molecular weight is 271 g/mol. The molecular formula is C8H7BrN4S. The Morgan fingerprint density at radius 3 is 2.86 bits per heavy atom. The van der Waals surface area contributed by atoms with Gasteiger partial charge in [-0.3, -0.25) is 0 Å². The monoisotopic (exact) mass is 270 g/mol. The molecule has 2 aromatic rings. The molecule has 14 heavy (non-hydrogen) atoms. The van der Waals surface area contributed by atoms with Crippen LogP contribution in [0, 0.1) is 0 Å². The number of nitrogens with zero attached hydrogens (tertiary/aromatic N) is 3. The molecule has 72 valence electrons. The van der Waals surface area contributed by atoms with E-state index < -0.39 is 0 Å². The van der Waals surface area contributed by atoms with E-state index in [4.69, 9.17) is 0 Å². The maximum absolute atomic E-state index is 4.29. The van der Waals surface area contributed by atoms with Gasteiger partial charge in [-0.25, -0.2) is 4.98 Å². The Balaban J connectivity index is 2.39. The predicted octanol–water partition coefficient (Wildman–Crippen LogP) is 2.40. The molecule has 0 aliphatic carbocycles. The SMILES string of the molecule is CNc1nnc(-c2cccc(Br)n2)s1.